The lowest BCUT2D eigenvalue weighted by Crippen LogP contribution is -2.29. The summed E-state index contributed by atoms with van der Waals surface area (Å²) in [5, 5.41) is 8.38. The van der Waals surface area contributed by atoms with Gasteiger partial charge in [-0.1, -0.05) is 0 Å². The minimum atomic E-state index is -0.0959. The lowest BCUT2D eigenvalue weighted by atomic mass is 10.1. The van der Waals surface area contributed by atoms with E-state index >= 15 is 0 Å². The molecule has 2 rings (SSSR count). The van der Waals surface area contributed by atoms with Gasteiger partial charge in [-0.05, 0) is 24.6 Å². The van der Waals surface area contributed by atoms with Gasteiger partial charge in [0.05, 0.1) is 24.3 Å². The van der Waals surface area contributed by atoms with Gasteiger partial charge in [0.15, 0.2) is 0 Å². The van der Waals surface area contributed by atoms with E-state index in [0.717, 1.165) is 11.3 Å². The summed E-state index contributed by atoms with van der Waals surface area (Å²) in [7, 11) is 0. The van der Waals surface area contributed by atoms with E-state index in [1.807, 2.05) is 6.92 Å². The van der Waals surface area contributed by atoms with Gasteiger partial charge >= 0.3 is 0 Å². The topological polar surface area (TPSA) is 96.2 Å². The highest BCUT2D eigenvalue weighted by Gasteiger charge is 2.19. The van der Waals surface area contributed by atoms with Crippen molar-refractivity contribution in [2.24, 2.45) is 0 Å². The smallest absolute Gasteiger partial charge is 0.239 e. The first-order chi connectivity index (χ1) is 8.60. The molecule has 96 valence electrons. The molecule has 5 N–H and O–H groups in total. The number of anilines is 3. The monoisotopic (exact) mass is 248 g/mol. The van der Waals surface area contributed by atoms with Crippen LogP contribution in [0.25, 0.3) is 0 Å². The molecule has 1 heterocycles. The third-order valence-corrected chi connectivity index (χ3v) is 2.71. The van der Waals surface area contributed by atoms with E-state index in [2.05, 4.69) is 16.0 Å². The maximum Gasteiger partial charge on any atom is 0.239 e. The average molecular weight is 248 g/mol. The Morgan fingerprint density at radius 3 is 3.00 bits per heavy atom. The third kappa shape index (κ3) is 2.53. The molecule has 0 spiro atoms. The molecule has 1 aliphatic rings. The van der Waals surface area contributed by atoms with Crippen molar-refractivity contribution in [3.05, 3.63) is 17.7 Å². The number of benzene rings is 1. The molecule has 0 unspecified atom stereocenters. The molecule has 0 saturated carbocycles. The molecule has 6 heteroatoms. The number of nitrogens with one attached hydrogen (secondary N) is 3. The summed E-state index contributed by atoms with van der Waals surface area (Å²) in [6, 6.07) is 3.52. The number of hydrogen-bond acceptors (Lipinski definition) is 4. The van der Waals surface area contributed by atoms with Crippen LogP contribution in [0.1, 0.15) is 12.5 Å². The zero-order chi connectivity index (χ0) is 13.1. The van der Waals surface area contributed by atoms with Gasteiger partial charge < -0.3 is 21.7 Å². The maximum atomic E-state index is 11.3. The fourth-order valence-electron chi connectivity index (χ4n) is 1.88. The van der Waals surface area contributed by atoms with Crippen LogP contribution in [0.3, 0.4) is 0 Å². The Morgan fingerprint density at radius 2 is 2.28 bits per heavy atom. The molecule has 0 atom stereocenters. The molecule has 0 aromatic heterocycles. The standard InChI is InChI=1S/C12H16N4O2/c1-2-14-12(18)6-15-10-5-9-7(3-8(10)13)4-11(17)16-9/h3,5,15H,2,4,6,13H2,1H3,(H,14,18)(H,16,17). The predicted octanol–water partition coefficient (Wildman–Crippen LogP) is 0.311. The van der Waals surface area contributed by atoms with Crippen LogP contribution in [-0.4, -0.2) is 24.9 Å². The van der Waals surface area contributed by atoms with E-state index in [1.165, 1.54) is 0 Å². The Hall–Kier alpha value is -2.24. The van der Waals surface area contributed by atoms with Crippen molar-refractivity contribution in [3.8, 4) is 0 Å². The van der Waals surface area contributed by atoms with Crippen LogP contribution in [0.4, 0.5) is 17.1 Å². The third-order valence-electron chi connectivity index (χ3n) is 2.71. The van der Waals surface area contributed by atoms with E-state index in [4.69, 9.17) is 5.73 Å². The van der Waals surface area contributed by atoms with Crippen molar-refractivity contribution >= 4 is 28.9 Å². The molecule has 6 nitrogen and oxygen atoms in total. The van der Waals surface area contributed by atoms with E-state index in [0.29, 0.717) is 24.3 Å². The Labute approximate surface area is 105 Å². The number of amides is 2. The second-order valence-corrected chi connectivity index (χ2v) is 4.13. The van der Waals surface area contributed by atoms with Gasteiger partial charge in [-0.25, -0.2) is 0 Å². The van der Waals surface area contributed by atoms with Crippen LogP contribution >= 0.6 is 0 Å². The van der Waals surface area contributed by atoms with Crippen molar-refractivity contribution in [1.29, 1.82) is 0 Å². The summed E-state index contributed by atoms with van der Waals surface area (Å²) in [5.41, 5.74) is 8.70. The Bertz CT molecular complexity index is 499. The normalized spacial score (nSPS) is 12.8. The van der Waals surface area contributed by atoms with Crippen molar-refractivity contribution in [3.63, 3.8) is 0 Å². The Balaban J connectivity index is 2.08. The van der Waals surface area contributed by atoms with E-state index in [1.54, 1.807) is 12.1 Å². The van der Waals surface area contributed by atoms with E-state index in [9.17, 15) is 9.59 Å². The van der Waals surface area contributed by atoms with Gasteiger partial charge in [0.25, 0.3) is 0 Å². The lowest BCUT2D eigenvalue weighted by Gasteiger charge is -2.11. The second-order valence-electron chi connectivity index (χ2n) is 4.13. The largest absolute Gasteiger partial charge is 0.397 e. The average Bonchev–Trinajstić information content (AvgIpc) is 2.65. The van der Waals surface area contributed by atoms with Crippen LogP contribution in [0.2, 0.25) is 0 Å². The van der Waals surface area contributed by atoms with Crippen molar-refractivity contribution in [2.45, 2.75) is 13.3 Å². The minimum Gasteiger partial charge on any atom is -0.397 e. The highest BCUT2D eigenvalue weighted by atomic mass is 16.2. The van der Waals surface area contributed by atoms with E-state index < -0.39 is 0 Å². The highest BCUT2D eigenvalue weighted by Crippen LogP contribution is 2.31. The first-order valence-electron chi connectivity index (χ1n) is 5.83. The van der Waals surface area contributed by atoms with Gasteiger partial charge in [0.2, 0.25) is 11.8 Å². The molecule has 0 bridgehead atoms. The SMILES string of the molecule is CCNC(=O)CNc1cc2c(cc1N)CC(=O)N2. The fourth-order valence-corrected chi connectivity index (χ4v) is 1.88. The fraction of sp³-hybridized carbons (Fsp3) is 0.333. The lowest BCUT2D eigenvalue weighted by molar-refractivity contribution is -0.119. The zero-order valence-electron chi connectivity index (χ0n) is 10.2. The van der Waals surface area contributed by atoms with Crippen LogP contribution in [0, 0.1) is 0 Å². The van der Waals surface area contributed by atoms with E-state index in [-0.39, 0.29) is 18.4 Å². The Kier molecular flexibility index (Phi) is 3.36. The van der Waals surface area contributed by atoms with Crippen LogP contribution in [-0.2, 0) is 16.0 Å². The second kappa shape index (κ2) is 4.95. The molecule has 0 radical (unpaired) electrons. The number of nitrogen functional groups attached to an aromatic ring is 1. The summed E-state index contributed by atoms with van der Waals surface area (Å²) in [4.78, 5) is 22.6. The number of fused-ring (bicyclic) bond motifs is 1. The molecule has 18 heavy (non-hydrogen) atoms. The molecular formula is C12H16N4O2. The summed E-state index contributed by atoms with van der Waals surface area (Å²) < 4.78 is 0. The first-order valence-corrected chi connectivity index (χ1v) is 5.83. The van der Waals surface area contributed by atoms with Gasteiger partial charge in [-0.3, -0.25) is 9.59 Å². The predicted molar refractivity (Wildman–Crippen MR) is 70.4 cm³/mol. The molecule has 1 aliphatic heterocycles. The Morgan fingerprint density at radius 1 is 1.50 bits per heavy atom. The van der Waals surface area contributed by atoms with Gasteiger partial charge in [-0.15, -0.1) is 0 Å². The van der Waals surface area contributed by atoms with Gasteiger partial charge in [-0.2, -0.15) is 0 Å². The van der Waals surface area contributed by atoms with Crippen molar-refractivity contribution in [2.75, 3.05) is 29.5 Å². The number of nitrogens with two attached hydrogens (primary N) is 1. The summed E-state index contributed by atoms with van der Waals surface area (Å²) >= 11 is 0. The van der Waals surface area contributed by atoms with Crippen molar-refractivity contribution < 1.29 is 9.59 Å². The van der Waals surface area contributed by atoms with Gasteiger partial charge in [0.1, 0.15) is 0 Å². The minimum absolute atomic E-state index is 0.0368. The van der Waals surface area contributed by atoms with Gasteiger partial charge in [0, 0.05) is 12.2 Å². The molecule has 0 saturated heterocycles. The quantitative estimate of drug-likeness (QED) is 0.577. The number of carbonyl (C=O) groups is 2. The number of carbonyl (C=O) groups excluding carboxylic acids is 2. The van der Waals surface area contributed by atoms with Crippen LogP contribution in [0.15, 0.2) is 12.1 Å². The maximum absolute atomic E-state index is 11.3. The zero-order valence-corrected chi connectivity index (χ0v) is 10.2. The molecule has 1 aromatic rings. The summed E-state index contributed by atoms with van der Waals surface area (Å²) in [6.07, 6.45) is 0.357. The summed E-state index contributed by atoms with van der Waals surface area (Å²) in [5.74, 6) is -0.133. The summed E-state index contributed by atoms with van der Waals surface area (Å²) in [6.45, 7) is 2.61. The molecule has 1 aromatic carbocycles. The number of likely N-dealkylation sites (N-methyl/N-ethyl adjacent to an activating group) is 1. The number of rotatable bonds is 4. The van der Waals surface area contributed by atoms with Crippen LogP contribution < -0.4 is 21.7 Å². The van der Waals surface area contributed by atoms with Crippen LogP contribution in [0.5, 0.6) is 0 Å². The molecule has 0 aliphatic carbocycles. The van der Waals surface area contributed by atoms with Crippen molar-refractivity contribution in [1.82, 2.24) is 5.32 Å². The molecular weight excluding hydrogens is 232 g/mol. The number of hydrogen-bond donors (Lipinski definition) is 4. The molecule has 2 amide bonds. The highest BCUT2D eigenvalue weighted by molar-refractivity contribution is 6.01. The molecule has 0 fully saturated rings. The first kappa shape index (κ1) is 12.2.